The largest absolute Gasteiger partial charge is 0.497 e. The molecule has 2 amide bonds. The Morgan fingerprint density at radius 2 is 1.73 bits per heavy atom. The van der Waals surface area contributed by atoms with Crippen LogP contribution in [0.4, 0.5) is 5.69 Å². The fourth-order valence-electron chi connectivity index (χ4n) is 2.72. The van der Waals surface area contributed by atoms with Gasteiger partial charge < -0.3 is 30.6 Å². The first-order chi connectivity index (χ1) is 12.0. The van der Waals surface area contributed by atoms with Crippen molar-refractivity contribution < 1.29 is 23.8 Å². The van der Waals surface area contributed by atoms with Crippen LogP contribution in [0, 0.1) is 5.41 Å². The second-order valence-corrected chi connectivity index (χ2v) is 5.93. The molecule has 0 aliphatic carbocycles. The molecule has 0 radical (unpaired) electrons. The highest BCUT2D eigenvalue weighted by Gasteiger charge is 2.38. The molecule has 4 N–H and O–H groups in total. The number of hydrogen-bond donors (Lipinski definition) is 3. The van der Waals surface area contributed by atoms with Crippen LogP contribution in [-0.4, -0.2) is 52.3 Å². The lowest BCUT2D eigenvalue weighted by Gasteiger charge is -2.34. The molecule has 0 unspecified atom stereocenters. The van der Waals surface area contributed by atoms with Crippen molar-refractivity contribution in [1.29, 1.82) is 0 Å². The Morgan fingerprint density at radius 1 is 1.15 bits per heavy atom. The molecule has 1 fully saturated rings. The minimum absolute atomic E-state index is 0. The van der Waals surface area contributed by atoms with Gasteiger partial charge in [-0.15, -0.1) is 12.4 Å². The van der Waals surface area contributed by atoms with Crippen LogP contribution in [0.15, 0.2) is 18.2 Å². The van der Waals surface area contributed by atoms with E-state index in [1.54, 1.807) is 18.2 Å². The third-order valence-corrected chi connectivity index (χ3v) is 4.37. The van der Waals surface area contributed by atoms with E-state index in [4.69, 9.17) is 19.9 Å². The highest BCUT2D eigenvalue weighted by molar-refractivity contribution is 5.95. The number of ether oxygens (including phenoxy) is 3. The lowest BCUT2D eigenvalue weighted by Crippen LogP contribution is -2.50. The molecule has 1 aromatic carbocycles. The molecule has 26 heavy (non-hydrogen) atoms. The Morgan fingerprint density at radius 3 is 2.23 bits per heavy atom. The van der Waals surface area contributed by atoms with Gasteiger partial charge in [-0.1, -0.05) is 0 Å². The summed E-state index contributed by atoms with van der Waals surface area (Å²) in [5, 5.41) is 5.38. The van der Waals surface area contributed by atoms with Gasteiger partial charge in [-0.2, -0.15) is 0 Å². The van der Waals surface area contributed by atoms with Gasteiger partial charge in [-0.25, -0.2) is 0 Å². The molecule has 0 atom stereocenters. The van der Waals surface area contributed by atoms with Crippen LogP contribution < -0.4 is 25.8 Å². The van der Waals surface area contributed by atoms with Crippen molar-refractivity contribution in [3.63, 3.8) is 0 Å². The lowest BCUT2D eigenvalue weighted by molar-refractivity contribution is -0.137. The molecule has 146 valence electrons. The van der Waals surface area contributed by atoms with Crippen molar-refractivity contribution in [2.75, 3.05) is 45.8 Å². The zero-order chi connectivity index (χ0) is 18.3. The molecule has 2 rings (SSSR count). The number of halogens is 1. The summed E-state index contributed by atoms with van der Waals surface area (Å²) < 4.78 is 15.6. The van der Waals surface area contributed by atoms with E-state index in [1.165, 1.54) is 14.2 Å². The molecular weight excluding hydrogens is 362 g/mol. The molecule has 9 heteroatoms. The van der Waals surface area contributed by atoms with Crippen molar-refractivity contribution in [1.82, 2.24) is 5.32 Å². The zero-order valence-electron chi connectivity index (χ0n) is 15.0. The van der Waals surface area contributed by atoms with E-state index >= 15 is 0 Å². The average molecular weight is 388 g/mol. The molecule has 1 saturated heterocycles. The minimum Gasteiger partial charge on any atom is -0.497 e. The van der Waals surface area contributed by atoms with Crippen LogP contribution in [0.2, 0.25) is 0 Å². The van der Waals surface area contributed by atoms with Gasteiger partial charge >= 0.3 is 0 Å². The third kappa shape index (κ3) is 5.48. The highest BCUT2D eigenvalue weighted by Crippen LogP contribution is 2.29. The molecule has 1 heterocycles. The average Bonchev–Trinajstić information content (AvgIpc) is 2.66. The maximum absolute atomic E-state index is 12.4. The smallest absolute Gasteiger partial charge is 0.243 e. The molecule has 0 spiro atoms. The first-order valence-electron chi connectivity index (χ1n) is 8.12. The van der Waals surface area contributed by atoms with Crippen LogP contribution in [0.5, 0.6) is 11.5 Å². The number of methoxy groups -OCH3 is 2. The first kappa shape index (κ1) is 22.0. The van der Waals surface area contributed by atoms with E-state index in [2.05, 4.69) is 10.6 Å². The zero-order valence-corrected chi connectivity index (χ0v) is 15.8. The van der Waals surface area contributed by atoms with E-state index < -0.39 is 5.41 Å². The molecular formula is C17H26ClN3O5. The second-order valence-electron chi connectivity index (χ2n) is 5.93. The van der Waals surface area contributed by atoms with Crippen molar-refractivity contribution in [2.45, 2.75) is 12.8 Å². The summed E-state index contributed by atoms with van der Waals surface area (Å²) in [6.45, 7) is 1.10. The molecule has 1 aliphatic heterocycles. The van der Waals surface area contributed by atoms with E-state index in [0.29, 0.717) is 43.2 Å². The minimum atomic E-state index is -0.655. The van der Waals surface area contributed by atoms with E-state index in [-0.39, 0.29) is 37.3 Å². The van der Waals surface area contributed by atoms with Gasteiger partial charge in [0.25, 0.3) is 0 Å². The normalized spacial score (nSPS) is 15.3. The number of benzene rings is 1. The number of carbonyl (C=O) groups is 2. The number of rotatable bonds is 7. The number of nitrogens with two attached hydrogens (primary N) is 1. The van der Waals surface area contributed by atoms with Gasteiger partial charge in [0.15, 0.2) is 0 Å². The Bertz CT molecular complexity index is 598. The first-order valence-corrected chi connectivity index (χ1v) is 8.12. The number of carbonyl (C=O) groups excluding carboxylic acids is 2. The predicted octanol–water partition coefficient (Wildman–Crippen LogP) is 0.936. The number of hydrogen-bond acceptors (Lipinski definition) is 6. The fraction of sp³-hybridized carbons (Fsp3) is 0.529. The van der Waals surface area contributed by atoms with Crippen molar-refractivity contribution >= 4 is 29.9 Å². The van der Waals surface area contributed by atoms with Gasteiger partial charge in [0.05, 0.1) is 26.2 Å². The highest BCUT2D eigenvalue weighted by atomic mass is 35.5. The number of nitrogens with one attached hydrogen (secondary N) is 2. The summed E-state index contributed by atoms with van der Waals surface area (Å²) in [5.41, 5.74) is 5.66. The standard InChI is InChI=1S/C17H25N3O5.ClH/c1-23-13-7-12(8-14(9-13)24-2)20-15(21)10-19-16(22)17(11-18)3-5-25-6-4-17;/h7-9H,3-6,10-11,18H2,1-2H3,(H,19,22)(H,20,21);1H. The summed E-state index contributed by atoms with van der Waals surface area (Å²) in [7, 11) is 3.06. The second kappa shape index (κ2) is 10.2. The van der Waals surface area contributed by atoms with Crippen LogP contribution in [0.3, 0.4) is 0 Å². The summed E-state index contributed by atoms with van der Waals surface area (Å²) in [6, 6.07) is 5.04. The Labute approximate surface area is 159 Å². The van der Waals surface area contributed by atoms with Gasteiger partial charge in [0.2, 0.25) is 11.8 Å². The van der Waals surface area contributed by atoms with Crippen LogP contribution in [-0.2, 0) is 14.3 Å². The van der Waals surface area contributed by atoms with Crippen LogP contribution in [0.25, 0.3) is 0 Å². The Hall–Kier alpha value is -2.03. The van der Waals surface area contributed by atoms with E-state index in [1.807, 2.05) is 0 Å². The van der Waals surface area contributed by atoms with Crippen molar-refractivity contribution in [3.05, 3.63) is 18.2 Å². The maximum Gasteiger partial charge on any atom is 0.243 e. The van der Waals surface area contributed by atoms with E-state index in [0.717, 1.165) is 0 Å². The topological polar surface area (TPSA) is 112 Å². The number of amides is 2. The summed E-state index contributed by atoms with van der Waals surface area (Å²) in [6.07, 6.45) is 1.12. The van der Waals surface area contributed by atoms with Crippen molar-refractivity contribution in [3.8, 4) is 11.5 Å². The van der Waals surface area contributed by atoms with Gasteiger partial charge in [0.1, 0.15) is 11.5 Å². The molecule has 0 aromatic heterocycles. The fourth-order valence-corrected chi connectivity index (χ4v) is 2.72. The molecule has 0 saturated carbocycles. The monoisotopic (exact) mass is 387 g/mol. The molecule has 1 aromatic rings. The maximum atomic E-state index is 12.4. The molecule has 0 bridgehead atoms. The summed E-state index contributed by atoms with van der Waals surface area (Å²) >= 11 is 0. The SMILES string of the molecule is COc1cc(NC(=O)CNC(=O)C2(CN)CCOCC2)cc(OC)c1.Cl. The van der Waals surface area contributed by atoms with Gasteiger partial charge in [0, 0.05) is 43.6 Å². The number of anilines is 1. The summed E-state index contributed by atoms with van der Waals surface area (Å²) in [4.78, 5) is 24.6. The van der Waals surface area contributed by atoms with Gasteiger partial charge in [-0.3, -0.25) is 9.59 Å². The van der Waals surface area contributed by atoms with Crippen LogP contribution in [0.1, 0.15) is 12.8 Å². The molecule has 1 aliphatic rings. The predicted molar refractivity (Wildman–Crippen MR) is 100.0 cm³/mol. The van der Waals surface area contributed by atoms with Crippen molar-refractivity contribution in [2.24, 2.45) is 11.1 Å². The summed E-state index contributed by atoms with van der Waals surface area (Å²) in [5.74, 6) is 0.561. The molecule has 8 nitrogen and oxygen atoms in total. The van der Waals surface area contributed by atoms with Crippen LogP contribution >= 0.6 is 12.4 Å². The lowest BCUT2D eigenvalue weighted by atomic mass is 9.79. The quantitative estimate of drug-likeness (QED) is 0.641. The van der Waals surface area contributed by atoms with E-state index in [9.17, 15) is 9.59 Å². The van der Waals surface area contributed by atoms with Gasteiger partial charge in [-0.05, 0) is 12.8 Å². The Kier molecular flexibility index (Phi) is 8.64. The Balaban J connectivity index is 0.00000338. The third-order valence-electron chi connectivity index (χ3n) is 4.37.